The Hall–Kier alpha value is -1.46. The largest absolute Gasteiger partial charge is 0.288 e. The molecule has 3 aromatic rings. The van der Waals surface area contributed by atoms with Gasteiger partial charge in [0.1, 0.15) is 0 Å². The van der Waals surface area contributed by atoms with E-state index in [4.69, 9.17) is 23.2 Å². The average Bonchev–Trinajstić information content (AvgIpc) is 3.17. The lowest BCUT2D eigenvalue weighted by molar-refractivity contribution is 0.0990. The topological polar surface area (TPSA) is 34.1 Å². The van der Waals surface area contributed by atoms with E-state index in [1.165, 1.54) is 26.4 Å². The summed E-state index contributed by atoms with van der Waals surface area (Å²) < 4.78 is 2.36. The van der Waals surface area contributed by atoms with Crippen LogP contribution in [0.25, 0.3) is 15.5 Å². The monoisotopic (exact) mass is 406 g/mol. The van der Waals surface area contributed by atoms with Crippen molar-refractivity contribution in [1.29, 1.82) is 0 Å². The van der Waals surface area contributed by atoms with Crippen LogP contribution in [0.5, 0.6) is 0 Å². The SMILES string of the molecule is CC(C)c1cc2sc(C=C3C(=O)c4cc(Cl)c(Cl)cc4C3=O)cc2s1. The average molecular weight is 407 g/mol. The zero-order valence-corrected chi connectivity index (χ0v) is 16.5. The molecule has 1 aromatic carbocycles. The Morgan fingerprint density at radius 2 is 1.44 bits per heavy atom. The number of thiophene rings is 2. The molecule has 2 aromatic heterocycles. The Morgan fingerprint density at radius 1 is 0.880 bits per heavy atom. The first-order valence-corrected chi connectivity index (χ1v) is 10.1. The first-order valence-electron chi connectivity index (χ1n) is 7.68. The van der Waals surface area contributed by atoms with E-state index in [1.54, 1.807) is 28.7 Å². The van der Waals surface area contributed by atoms with Crippen molar-refractivity contribution in [1.82, 2.24) is 0 Å². The molecule has 0 saturated heterocycles. The number of carbonyl (C=O) groups is 2. The third-order valence-corrected chi connectivity index (χ3v) is 7.40. The van der Waals surface area contributed by atoms with Crippen LogP contribution in [0.15, 0.2) is 29.8 Å². The molecule has 4 rings (SSSR count). The second-order valence-electron chi connectivity index (χ2n) is 6.21. The van der Waals surface area contributed by atoms with Gasteiger partial charge in [-0.2, -0.15) is 0 Å². The molecule has 0 atom stereocenters. The lowest BCUT2D eigenvalue weighted by Crippen LogP contribution is -1.99. The smallest absolute Gasteiger partial charge is 0.197 e. The van der Waals surface area contributed by atoms with E-state index >= 15 is 0 Å². The lowest BCUT2D eigenvalue weighted by atomic mass is 10.1. The minimum Gasteiger partial charge on any atom is -0.288 e. The standard InChI is InChI=1S/C19H12Cl2O2S2/c1-8(2)15-7-17-16(25-15)4-9(24-17)3-12-18(22)10-5-13(20)14(21)6-11(10)19(12)23/h3-8H,1-2H3. The fourth-order valence-corrected chi connectivity index (χ4v) is 5.51. The Morgan fingerprint density at radius 3 is 1.96 bits per heavy atom. The van der Waals surface area contributed by atoms with Crippen molar-refractivity contribution in [3.8, 4) is 0 Å². The van der Waals surface area contributed by atoms with Gasteiger partial charge in [0, 0.05) is 30.3 Å². The summed E-state index contributed by atoms with van der Waals surface area (Å²) in [6.07, 6.45) is 1.68. The minimum absolute atomic E-state index is 0.173. The summed E-state index contributed by atoms with van der Waals surface area (Å²) in [4.78, 5) is 27.4. The van der Waals surface area contributed by atoms with Crippen LogP contribution >= 0.6 is 45.9 Å². The van der Waals surface area contributed by atoms with Gasteiger partial charge in [0.05, 0.1) is 15.6 Å². The minimum atomic E-state index is -0.293. The van der Waals surface area contributed by atoms with E-state index in [0.29, 0.717) is 17.0 Å². The van der Waals surface area contributed by atoms with Crippen molar-refractivity contribution in [2.24, 2.45) is 0 Å². The van der Waals surface area contributed by atoms with Crippen LogP contribution in [0.4, 0.5) is 0 Å². The second-order valence-corrected chi connectivity index (χ2v) is 9.25. The van der Waals surface area contributed by atoms with Crippen LogP contribution in [0.3, 0.4) is 0 Å². The molecule has 2 nitrogen and oxygen atoms in total. The van der Waals surface area contributed by atoms with E-state index in [2.05, 4.69) is 19.9 Å². The van der Waals surface area contributed by atoms with Crippen molar-refractivity contribution in [2.45, 2.75) is 19.8 Å². The molecule has 0 N–H and O–H groups in total. The van der Waals surface area contributed by atoms with Crippen molar-refractivity contribution in [2.75, 3.05) is 0 Å². The molecule has 1 aliphatic rings. The Balaban J connectivity index is 1.76. The molecule has 0 fully saturated rings. The van der Waals surface area contributed by atoms with Crippen molar-refractivity contribution in [3.05, 3.63) is 60.8 Å². The van der Waals surface area contributed by atoms with E-state index in [9.17, 15) is 9.59 Å². The van der Waals surface area contributed by atoms with Gasteiger partial charge in [-0.3, -0.25) is 9.59 Å². The van der Waals surface area contributed by atoms with Crippen LogP contribution in [0, 0.1) is 0 Å². The number of rotatable bonds is 2. The molecule has 0 saturated carbocycles. The van der Waals surface area contributed by atoms with Gasteiger partial charge in [-0.05, 0) is 36.3 Å². The molecule has 0 radical (unpaired) electrons. The quantitative estimate of drug-likeness (QED) is 0.344. The molecule has 2 heterocycles. The van der Waals surface area contributed by atoms with Crippen LogP contribution in [-0.4, -0.2) is 11.6 Å². The summed E-state index contributed by atoms with van der Waals surface area (Å²) in [5.74, 6) is -0.0928. The maximum atomic E-state index is 12.6. The number of fused-ring (bicyclic) bond motifs is 2. The van der Waals surface area contributed by atoms with Crippen molar-refractivity contribution in [3.63, 3.8) is 0 Å². The highest BCUT2D eigenvalue weighted by Gasteiger charge is 2.34. The Kier molecular flexibility index (Phi) is 4.12. The molecule has 0 aliphatic heterocycles. The molecule has 25 heavy (non-hydrogen) atoms. The first-order chi connectivity index (χ1) is 11.8. The molecule has 6 heteroatoms. The summed E-state index contributed by atoms with van der Waals surface area (Å²) in [5.41, 5.74) is 0.823. The highest BCUT2D eigenvalue weighted by molar-refractivity contribution is 7.28. The molecule has 126 valence electrons. The predicted molar refractivity (Wildman–Crippen MR) is 107 cm³/mol. The Bertz CT molecular complexity index is 1010. The summed E-state index contributed by atoms with van der Waals surface area (Å²) in [5, 5.41) is 0.557. The molecule has 1 aliphatic carbocycles. The lowest BCUT2D eigenvalue weighted by Gasteiger charge is -1.98. The number of hydrogen-bond acceptors (Lipinski definition) is 4. The highest BCUT2D eigenvalue weighted by atomic mass is 35.5. The predicted octanol–water partition coefficient (Wildman–Crippen LogP) is 6.86. The fraction of sp³-hybridized carbons (Fsp3) is 0.158. The Labute approximate surface area is 162 Å². The van der Waals surface area contributed by atoms with Crippen molar-refractivity contribution >= 4 is 72.9 Å². The number of hydrogen-bond donors (Lipinski definition) is 0. The molecule has 0 spiro atoms. The van der Waals surface area contributed by atoms with E-state index < -0.39 is 0 Å². The third-order valence-electron chi connectivity index (χ3n) is 4.14. The first kappa shape index (κ1) is 17.0. The van der Waals surface area contributed by atoms with E-state index in [0.717, 1.165) is 4.88 Å². The normalized spacial score (nSPS) is 14.0. The van der Waals surface area contributed by atoms with Gasteiger partial charge in [0.15, 0.2) is 11.6 Å². The third kappa shape index (κ3) is 2.77. The maximum Gasteiger partial charge on any atom is 0.197 e. The van der Waals surface area contributed by atoms with Crippen LogP contribution in [0.1, 0.15) is 50.2 Å². The van der Waals surface area contributed by atoms with Crippen LogP contribution < -0.4 is 0 Å². The summed E-state index contributed by atoms with van der Waals surface area (Å²) in [7, 11) is 0. The number of carbonyl (C=O) groups excluding carboxylic acids is 2. The number of allylic oxidation sites excluding steroid dienone is 1. The van der Waals surface area contributed by atoms with E-state index in [1.807, 2.05) is 6.07 Å². The van der Waals surface area contributed by atoms with Gasteiger partial charge in [-0.15, -0.1) is 22.7 Å². The summed E-state index contributed by atoms with van der Waals surface area (Å²) >= 11 is 15.3. The summed E-state index contributed by atoms with van der Waals surface area (Å²) in [6, 6.07) is 7.17. The number of halogens is 2. The molecular formula is C19H12Cl2O2S2. The molecular weight excluding hydrogens is 395 g/mol. The van der Waals surface area contributed by atoms with Gasteiger partial charge in [0.25, 0.3) is 0 Å². The maximum absolute atomic E-state index is 12.6. The van der Waals surface area contributed by atoms with Gasteiger partial charge in [-0.1, -0.05) is 37.0 Å². The van der Waals surface area contributed by atoms with Gasteiger partial charge in [-0.25, -0.2) is 0 Å². The fourth-order valence-electron chi connectivity index (χ4n) is 2.82. The summed E-state index contributed by atoms with van der Waals surface area (Å²) in [6.45, 7) is 4.34. The zero-order valence-electron chi connectivity index (χ0n) is 13.4. The van der Waals surface area contributed by atoms with Crippen LogP contribution in [-0.2, 0) is 0 Å². The highest BCUT2D eigenvalue weighted by Crippen LogP contribution is 2.39. The van der Waals surface area contributed by atoms with E-state index in [-0.39, 0.29) is 27.2 Å². The van der Waals surface area contributed by atoms with Gasteiger partial charge >= 0.3 is 0 Å². The molecule has 0 unspecified atom stereocenters. The number of Topliss-reactive ketones (excluding diaryl/α,β-unsaturated/α-hetero) is 2. The van der Waals surface area contributed by atoms with Crippen LogP contribution in [0.2, 0.25) is 10.0 Å². The number of ketones is 2. The second kappa shape index (κ2) is 6.06. The zero-order chi connectivity index (χ0) is 17.9. The van der Waals surface area contributed by atoms with Gasteiger partial charge < -0.3 is 0 Å². The van der Waals surface area contributed by atoms with Crippen molar-refractivity contribution < 1.29 is 9.59 Å². The molecule has 0 bridgehead atoms. The number of benzene rings is 1. The van der Waals surface area contributed by atoms with Gasteiger partial charge in [0.2, 0.25) is 0 Å². The molecule has 0 amide bonds.